The van der Waals surface area contributed by atoms with Gasteiger partial charge in [0.1, 0.15) is 11.6 Å². The number of nitrogens with zero attached hydrogens (tertiary/aromatic N) is 3. The number of imidazole rings is 1. The first kappa shape index (κ1) is 15.8. The molecule has 0 bridgehead atoms. The first-order valence-corrected chi connectivity index (χ1v) is 7.13. The number of amides is 1. The molecule has 116 valence electrons. The topological polar surface area (TPSA) is 47.4 Å². The maximum atomic E-state index is 11.6. The van der Waals surface area contributed by atoms with Gasteiger partial charge < -0.3 is 14.2 Å². The Balaban J connectivity index is 2.14. The minimum absolute atomic E-state index is 0.0100. The minimum atomic E-state index is 0.0100. The van der Waals surface area contributed by atoms with Crippen molar-refractivity contribution in [1.82, 2.24) is 14.5 Å². The zero-order valence-electron chi connectivity index (χ0n) is 13.0. The normalized spacial score (nSPS) is 10.3. The highest BCUT2D eigenvalue weighted by molar-refractivity contribution is 5.73. The summed E-state index contributed by atoms with van der Waals surface area (Å²) in [5.74, 6) is 1.69. The van der Waals surface area contributed by atoms with Crippen LogP contribution in [0, 0.1) is 0 Å². The van der Waals surface area contributed by atoms with Crippen LogP contribution in [-0.2, 0) is 17.9 Å². The Morgan fingerprint density at radius 3 is 3.00 bits per heavy atom. The van der Waals surface area contributed by atoms with Crippen molar-refractivity contribution < 1.29 is 9.53 Å². The van der Waals surface area contributed by atoms with Crippen molar-refractivity contribution in [2.75, 3.05) is 13.7 Å². The molecule has 0 aliphatic carbocycles. The lowest BCUT2D eigenvalue weighted by molar-refractivity contribution is -0.129. The lowest BCUT2D eigenvalue weighted by Crippen LogP contribution is -2.29. The molecule has 0 spiro atoms. The second kappa shape index (κ2) is 7.45. The Morgan fingerprint density at radius 2 is 2.32 bits per heavy atom. The molecular formula is C17H21N3O2. The number of carbonyl (C=O) groups excluding carboxylic acids is 1. The van der Waals surface area contributed by atoms with Gasteiger partial charge in [0.15, 0.2) is 0 Å². The average molecular weight is 299 g/mol. The smallest absolute Gasteiger partial charge is 0.220 e. The van der Waals surface area contributed by atoms with Crippen molar-refractivity contribution >= 4 is 5.91 Å². The molecule has 0 N–H and O–H groups in total. The molecule has 0 aliphatic heterocycles. The highest BCUT2D eigenvalue weighted by atomic mass is 16.5. The quantitative estimate of drug-likeness (QED) is 0.738. The van der Waals surface area contributed by atoms with Crippen LogP contribution in [0.2, 0.25) is 0 Å². The molecule has 1 heterocycles. The molecule has 0 aliphatic rings. The van der Waals surface area contributed by atoms with E-state index in [1.165, 1.54) is 0 Å². The molecule has 0 fully saturated rings. The number of hydrogen-bond acceptors (Lipinski definition) is 3. The van der Waals surface area contributed by atoms with Crippen molar-refractivity contribution in [1.29, 1.82) is 0 Å². The van der Waals surface area contributed by atoms with Crippen molar-refractivity contribution in [3.63, 3.8) is 0 Å². The van der Waals surface area contributed by atoms with Crippen LogP contribution < -0.4 is 4.74 Å². The molecule has 0 unspecified atom stereocenters. The van der Waals surface area contributed by atoms with Crippen LogP contribution in [0.3, 0.4) is 0 Å². The molecule has 2 aromatic rings. The van der Waals surface area contributed by atoms with E-state index in [0.717, 1.165) is 17.1 Å². The maximum Gasteiger partial charge on any atom is 0.220 e. The van der Waals surface area contributed by atoms with Crippen LogP contribution in [-0.4, -0.2) is 34.0 Å². The number of benzene rings is 1. The van der Waals surface area contributed by atoms with Gasteiger partial charge in [0.25, 0.3) is 0 Å². The van der Waals surface area contributed by atoms with Gasteiger partial charge in [-0.25, -0.2) is 4.98 Å². The van der Waals surface area contributed by atoms with E-state index < -0.39 is 0 Å². The summed E-state index contributed by atoms with van der Waals surface area (Å²) in [6.07, 6.45) is 5.39. The Bertz CT molecular complexity index is 649. The summed E-state index contributed by atoms with van der Waals surface area (Å²) in [6, 6.07) is 7.92. The van der Waals surface area contributed by atoms with Crippen molar-refractivity contribution in [2.24, 2.45) is 0 Å². The Kier molecular flexibility index (Phi) is 5.36. The molecule has 22 heavy (non-hydrogen) atoms. The van der Waals surface area contributed by atoms with Crippen molar-refractivity contribution in [3.8, 4) is 5.75 Å². The van der Waals surface area contributed by atoms with Gasteiger partial charge in [-0.05, 0) is 17.7 Å². The summed E-state index contributed by atoms with van der Waals surface area (Å²) in [4.78, 5) is 17.7. The number of aromatic nitrogens is 2. The molecule has 1 amide bonds. The lowest BCUT2D eigenvalue weighted by atomic mass is 10.2. The van der Waals surface area contributed by atoms with Gasteiger partial charge in [-0.15, -0.1) is 6.58 Å². The number of hydrogen-bond donors (Lipinski definition) is 0. The standard InChI is InChI=1S/C17H21N3O2/c1-4-9-19(14(2)21)13-17-18-8-10-20(17)12-15-6-5-7-16(11-15)22-3/h4-8,10-11H,1,9,12-13H2,2-3H3. The van der Waals surface area contributed by atoms with Gasteiger partial charge >= 0.3 is 0 Å². The van der Waals surface area contributed by atoms with E-state index in [1.54, 1.807) is 31.2 Å². The van der Waals surface area contributed by atoms with Crippen LogP contribution in [0.5, 0.6) is 5.75 Å². The third-order valence-electron chi connectivity index (χ3n) is 3.42. The first-order chi connectivity index (χ1) is 10.6. The minimum Gasteiger partial charge on any atom is -0.497 e. The monoisotopic (exact) mass is 299 g/mol. The molecular weight excluding hydrogens is 278 g/mol. The van der Waals surface area contributed by atoms with Crippen molar-refractivity contribution in [3.05, 3.63) is 60.7 Å². The van der Waals surface area contributed by atoms with Gasteiger partial charge in [0.2, 0.25) is 5.91 Å². The third-order valence-corrected chi connectivity index (χ3v) is 3.42. The molecule has 0 saturated heterocycles. The van der Waals surface area contributed by atoms with E-state index in [1.807, 2.05) is 35.0 Å². The Labute approximate surface area is 130 Å². The van der Waals surface area contributed by atoms with E-state index in [9.17, 15) is 4.79 Å². The second-order valence-corrected chi connectivity index (χ2v) is 5.01. The summed E-state index contributed by atoms with van der Waals surface area (Å²) in [5, 5.41) is 0. The SMILES string of the molecule is C=CCN(Cc1nccn1Cc1cccc(OC)c1)C(C)=O. The van der Waals surface area contributed by atoms with Gasteiger partial charge in [0.05, 0.1) is 13.7 Å². The number of rotatable bonds is 7. The second-order valence-electron chi connectivity index (χ2n) is 5.01. The summed E-state index contributed by atoms with van der Waals surface area (Å²) in [7, 11) is 1.65. The van der Waals surface area contributed by atoms with E-state index in [0.29, 0.717) is 19.6 Å². The largest absolute Gasteiger partial charge is 0.497 e. The maximum absolute atomic E-state index is 11.6. The summed E-state index contributed by atoms with van der Waals surface area (Å²) in [6.45, 7) is 6.91. The molecule has 2 rings (SSSR count). The predicted molar refractivity (Wildman–Crippen MR) is 85.6 cm³/mol. The molecule has 1 aromatic heterocycles. The fourth-order valence-electron chi connectivity index (χ4n) is 2.23. The third kappa shape index (κ3) is 3.97. The van der Waals surface area contributed by atoms with Crippen LogP contribution in [0.1, 0.15) is 18.3 Å². The number of carbonyl (C=O) groups is 1. The van der Waals surface area contributed by atoms with Gasteiger partial charge in [-0.3, -0.25) is 4.79 Å². The fourth-order valence-corrected chi connectivity index (χ4v) is 2.23. The number of methoxy groups -OCH3 is 1. The Hall–Kier alpha value is -2.56. The first-order valence-electron chi connectivity index (χ1n) is 7.13. The van der Waals surface area contributed by atoms with Crippen LogP contribution in [0.25, 0.3) is 0 Å². The molecule has 0 atom stereocenters. The van der Waals surface area contributed by atoms with Gasteiger partial charge in [-0.2, -0.15) is 0 Å². The number of ether oxygens (including phenoxy) is 1. The average Bonchev–Trinajstić information content (AvgIpc) is 2.94. The van der Waals surface area contributed by atoms with Crippen LogP contribution in [0.4, 0.5) is 0 Å². The van der Waals surface area contributed by atoms with Crippen molar-refractivity contribution in [2.45, 2.75) is 20.0 Å². The zero-order valence-corrected chi connectivity index (χ0v) is 13.0. The molecule has 0 radical (unpaired) electrons. The van der Waals surface area contributed by atoms with E-state index in [-0.39, 0.29) is 5.91 Å². The van der Waals surface area contributed by atoms with E-state index in [2.05, 4.69) is 11.6 Å². The summed E-state index contributed by atoms with van der Waals surface area (Å²) >= 11 is 0. The molecule has 5 nitrogen and oxygen atoms in total. The summed E-state index contributed by atoms with van der Waals surface area (Å²) in [5.41, 5.74) is 1.12. The van der Waals surface area contributed by atoms with Gasteiger partial charge in [-0.1, -0.05) is 18.2 Å². The molecule has 1 aromatic carbocycles. The fraction of sp³-hybridized carbons (Fsp3) is 0.294. The van der Waals surface area contributed by atoms with Crippen LogP contribution in [0.15, 0.2) is 49.3 Å². The summed E-state index contributed by atoms with van der Waals surface area (Å²) < 4.78 is 7.28. The zero-order chi connectivity index (χ0) is 15.9. The van der Waals surface area contributed by atoms with E-state index in [4.69, 9.17) is 4.74 Å². The Morgan fingerprint density at radius 1 is 1.50 bits per heavy atom. The highest BCUT2D eigenvalue weighted by Gasteiger charge is 2.12. The van der Waals surface area contributed by atoms with Crippen LogP contribution >= 0.6 is 0 Å². The molecule has 0 saturated carbocycles. The van der Waals surface area contributed by atoms with E-state index >= 15 is 0 Å². The van der Waals surface area contributed by atoms with Gasteiger partial charge in [0, 0.05) is 32.4 Å². The predicted octanol–water partition coefficient (Wildman–Crippen LogP) is 2.47. The molecule has 5 heteroatoms. The lowest BCUT2D eigenvalue weighted by Gasteiger charge is -2.19. The highest BCUT2D eigenvalue weighted by Crippen LogP contribution is 2.15.